The van der Waals surface area contributed by atoms with Crippen LogP contribution in [0.3, 0.4) is 0 Å². The van der Waals surface area contributed by atoms with Crippen molar-refractivity contribution in [1.82, 2.24) is 5.32 Å². The van der Waals surface area contributed by atoms with Crippen molar-refractivity contribution in [2.24, 2.45) is 0 Å². The number of halogens is 2. The molecule has 0 rings (SSSR count). The summed E-state index contributed by atoms with van der Waals surface area (Å²) in [5.74, 6) is 0. The van der Waals surface area contributed by atoms with Crippen LogP contribution in [0.1, 0.15) is 0 Å². The molecule has 0 atom stereocenters. The highest BCUT2D eigenvalue weighted by Crippen LogP contribution is 1.86. The Hall–Kier alpha value is -0.320. The van der Waals surface area contributed by atoms with Gasteiger partial charge in [0, 0.05) is 0 Å². The number of nitrogens with one attached hydrogen (secondary N) is 1. The van der Waals surface area contributed by atoms with Gasteiger partial charge in [-0.2, -0.15) is 8.78 Å². The molecule has 0 aliphatic carbocycles. The molecule has 0 aromatic heterocycles. The number of hydrogen-bond acceptors (Lipinski definition) is 1. The molecule has 0 aliphatic heterocycles. The molecular weight excluding hydrogens is 124 g/mol. The van der Waals surface area contributed by atoms with Gasteiger partial charge in [-0.15, -0.1) is 0 Å². The van der Waals surface area contributed by atoms with Crippen LogP contribution in [-0.4, -0.2) is 11.8 Å². The standard InChI is InChI=1S/C2H3F2NOS/c3-1(4)5-2(6)7/h1H,(H2,5,6,7). The van der Waals surface area contributed by atoms with Crippen LogP contribution in [0.5, 0.6) is 0 Å². The quantitative estimate of drug-likeness (QED) is 0.397. The number of thiol groups is 1. The number of alkyl halides is 2. The van der Waals surface area contributed by atoms with E-state index in [9.17, 15) is 13.6 Å². The Morgan fingerprint density at radius 2 is 2.14 bits per heavy atom. The van der Waals surface area contributed by atoms with Gasteiger partial charge in [0.2, 0.25) is 0 Å². The zero-order valence-electron chi connectivity index (χ0n) is 3.19. The first-order valence-corrected chi connectivity index (χ1v) is 1.85. The number of carbonyl (C=O) groups is 1. The highest BCUT2D eigenvalue weighted by atomic mass is 32.1. The first kappa shape index (κ1) is 6.68. The van der Waals surface area contributed by atoms with Crippen molar-refractivity contribution < 1.29 is 13.6 Å². The molecule has 0 aromatic carbocycles. The van der Waals surface area contributed by atoms with E-state index < -0.39 is 11.8 Å². The molecule has 0 radical (unpaired) electrons. The summed E-state index contributed by atoms with van der Waals surface area (Å²) in [6, 6.07) is 0. The fraction of sp³-hybridized carbons (Fsp3) is 0.500. The van der Waals surface area contributed by atoms with Crippen molar-refractivity contribution in [3.05, 3.63) is 0 Å². The summed E-state index contributed by atoms with van der Waals surface area (Å²) in [6.07, 6.45) is 0. The van der Waals surface area contributed by atoms with Gasteiger partial charge in [0.05, 0.1) is 0 Å². The van der Waals surface area contributed by atoms with Crippen LogP contribution >= 0.6 is 12.6 Å². The Bertz CT molecular complexity index is 76.1. The molecule has 0 saturated carbocycles. The van der Waals surface area contributed by atoms with E-state index in [1.165, 1.54) is 5.32 Å². The van der Waals surface area contributed by atoms with Crippen LogP contribution in [0.4, 0.5) is 13.6 Å². The van der Waals surface area contributed by atoms with Crippen LogP contribution in [0.25, 0.3) is 0 Å². The van der Waals surface area contributed by atoms with Crippen molar-refractivity contribution in [3.8, 4) is 0 Å². The molecule has 0 spiro atoms. The van der Waals surface area contributed by atoms with Crippen molar-refractivity contribution in [2.75, 3.05) is 0 Å². The first-order chi connectivity index (χ1) is 3.13. The summed E-state index contributed by atoms with van der Waals surface area (Å²) < 4.78 is 21.8. The van der Waals surface area contributed by atoms with Crippen LogP contribution in [-0.2, 0) is 0 Å². The largest absolute Gasteiger partial charge is 0.315 e. The number of hydrogen-bond donors (Lipinski definition) is 2. The van der Waals surface area contributed by atoms with E-state index in [2.05, 4.69) is 12.6 Å². The molecular formula is C2H3F2NOS. The van der Waals surface area contributed by atoms with E-state index in [0.717, 1.165) is 0 Å². The Morgan fingerprint density at radius 1 is 1.71 bits per heavy atom. The number of carbonyl (C=O) groups excluding carboxylic acids is 1. The van der Waals surface area contributed by atoms with E-state index >= 15 is 0 Å². The predicted octanol–water partition coefficient (Wildman–Crippen LogP) is 0.848. The summed E-state index contributed by atoms with van der Waals surface area (Å²) in [7, 11) is 0. The van der Waals surface area contributed by atoms with E-state index in [0.29, 0.717) is 0 Å². The Kier molecular flexibility index (Phi) is 2.66. The zero-order chi connectivity index (χ0) is 5.86. The second-order valence-corrected chi connectivity index (χ2v) is 1.16. The second-order valence-electron chi connectivity index (χ2n) is 0.750. The minimum Gasteiger partial charge on any atom is -0.291 e. The van der Waals surface area contributed by atoms with Gasteiger partial charge in [0.1, 0.15) is 0 Å². The average molecular weight is 127 g/mol. The van der Waals surface area contributed by atoms with E-state index in [1.807, 2.05) is 0 Å². The highest BCUT2D eigenvalue weighted by Gasteiger charge is 2.00. The molecule has 0 aromatic rings. The van der Waals surface area contributed by atoms with Gasteiger partial charge >= 0.3 is 6.55 Å². The molecule has 0 saturated heterocycles. The smallest absolute Gasteiger partial charge is 0.291 e. The third-order valence-corrected chi connectivity index (χ3v) is 0.362. The van der Waals surface area contributed by atoms with Crippen LogP contribution in [0.15, 0.2) is 0 Å². The summed E-state index contributed by atoms with van der Waals surface area (Å²) in [6.45, 7) is -2.80. The molecule has 0 fully saturated rings. The maximum Gasteiger partial charge on any atom is 0.315 e. The first-order valence-electron chi connectivity index (χ1n) is 1.40. The fourth-order valence-corrected chi connectivity index (χ4v) is 0.191. The molecule has 0 bridgehead atoms. The van der Waals surface area contributed by atoms with Crippen LogP contribution < -0.4 is 5.32 Å². The number of amides is 1. The van der Waals surface area contributed by atoms with Gasteiger partial charge in [-0.05, 0) is 0 Å². The lowest BCUT2D eigenvalue weighted by atomic mass is 11.1. The third kappa shape index (κ3) is 5.68. The van der Waals surface area contributed by atoms with Gasteiger partial charge in [0.25, 0.3) is 5.24 Å². The lowest BCUT2D eigenvalue weighted by Crippen LogP contribution is -2.22. The second kappa shape index (κ2) is 2.79. The van der Waals surface area contributed by atoms with Crippen molar-refractivity contribution >= 4 is 17.9 Å². The van der Waals surface area contributed by atoms with Crippen molar-refractivity contribution in [1.29, 1.82) is 0 Å². The Morgan fingerprint density at radius 3 is 2.14 bits per heavy atom. The highest BCUT2D eigenvalue weighted by molar-refractivity contribution is 7.96. The summed E-state index contributed by atoms with van der Waals surface area (Å²) >= 11 is 3.01. The monoisotopic (exact) mass is 127 g/mol. The van der Waals surface area contributed by atoms with Gasteiger partial charge in [-0.25, -0.2) is 0 Å². The van der Waals surface area contributed by atoms with Gasteiger partial charge in [-0.3, -0.25) is 10.1 Å². The molecule has 7 heavy (non-hydrogen) atoms. The number of rotatable bonds is 1. The molecule has 1 amide bonds. The fourth-order valence-electron chi connectivity index (χ4n) is 0.0933. The molecule has 0 unspecified atom stereocenters. The maximum absolute atomic E-state index is 10.9. The lowest BCUT2D eigenvalue weighted by molar-refractivity contribution is 0.122. The minimum atomic E-state index is -2.80. The molecule has 1 N–H and O–H groups in total. The summed E-state index contributed by atoms with van der Waals surface area (Å²) in [4.78, 5) is 9.53. The summed E-state index contributed by atoms with van der Waals surface area (Å²) in [5.41, 5.74) is 0. The van der Waals surface area contributed by atoms with Gasteiger partial charge < -0.3 is 0 Å². The predicted molar refractivity (Wildman–Crippen MR) is 23.5 cm³/mol. The maximum atomic E-state index is 10.9. The van der Waals surface area contributed by atoms with Gasteiger partial charge in [-0.1, -0.05) is 12.6 Å². The molecule has 0 heterocycles. The van der Waals surface area contributed by atoms with Crippen molar-refractivity contribution in [2.45, 2.75) is 6.55 Å². The van der Waals surface area contributed by atoms with Gasteiger partial charge in [0.15, 0.2) is 0 Å². The molecule has 42 valence electrons. The van der Waals surface area contributed by atoms with E-state index in [4.69, 9.17) is 0 Å². The molecule has 5 heteroatoms. The zero-order valence-corrected chi connectivity index (χ0v) is 4.08. The minimum absolute atomic E-state index is 1.02. The SMILES string of the molecule is O=C(S)NC(F)F. The van der Waals surface area contributed by atoms with Crippen molar-refractivity contribution in [3.63, 3.8) is 0 Å². The normalized spacial score (nSPS) is 9.14. The van der Waals surface area contributed by atoms with Crippen LogP contribution in [0.2, 0.25) is 0 Å². The van der Waals surface area contributed by atoms with E-state index in [1.54, 1.807) is 0 Å². The van der Waals surface area contributed by atoms with E-state index in [-0.39, 0.29) is 0 Å². The Labute approximate surface area is 44.3 Å². The third-order valence-electron chi connectivity index (χ3n) is 0.233. The topological polar surface area (TPSA) is 29.1 Å². The molecule has 0 aliphatic rings. The average Bonchev–Trinajstić information content (AvgIpc) is 1.27. The summed E-state index contributed by atoms with van der Waals surface area (Å²) in [5, 5.41) is 0.179. The Balaban J connectivity index is 3.13. The lowest BCUT2D eigenvalue weighted by Gasteiger charge is -1.93. The molecule has 2 nitrogen and oxygen atoms in total. The van der Waals surface area contributed by atoms with Crippen LogP contribution in [0, 0.1) is 0 Å².